The zero-order chi connectivity index (χ0) is 9.23. The van der Waals surface area contributed by atoms with E-state index < -0.39 is 15.7 Å². The van der Waals surface area contributed by atoms with Gasteiger partial charge in [-0.05, 0) is 0 Å². The molecule has 0 bridgehead atoms. The van der Waals surface area contributed by atoms with Crippen molar-refractivity contribution in [3.05, 3.63) is 0 Å². The van der Waals surface area contributed by atoms with Gasteiger partial charge in [-0.1, -0.05) is 0 Å². The van der Waals surface area contributed by atoms with Crippen molar-refractivity contribution in [2.24, 2.45) is 5.92 Å². The van der Waals surface area contributed by atoms with Crippen LogP contribution in [0.1, 0.15) is 13.8 Å². The van der Waals surface area contributed by atoms with Crippen LogP contribution >= 0.6 is 41.6 Å². The third kappa shape index (κ3) is 4.23. The van der Waals surface area contributed by atoms with Gasteiger partial charge in [-0.15, -0.1) is 0 Å². The number of rotatable bonds is 3. The van der Waals surface area contributed by atoms with Gasteiger partial charge >= 0.3 is 86.7 Å². The summed E-state index contributed by atoms with van der Waals surface area (Å²) in [6, 6.07) is 0. The maximum atomic E-state index is 10.7. The van der Waals surface area contributed by atoms with E-state index in [4.69, 9.17) is 41.6 Å². The van der Waals surface area contributed by atoms with Gasteiger partial charge in [0.1, 0.15) is 0 Å². The van der Waals surface area contributed by atoms with Crippen LogP contribution in [0.3, 0.4) is 0 Å². The van der Waals surface area contributed by atoms with Gasteiger partial charge in [-0.3, -0.25) is 0 Å². The third-order valence-electron chi connectivity index (χ3n) is 1.62. The first-order valence-electron chi connectivity index (χ1n) is 3.03. The molecule has 0 spiro atoms. The van der Waals surface area contributed by atoms with Crippen molar-refractivity contribution >= 4 is 57.4 Å². The van der Waals surface area contributed by atoms with E-state index in [-0.39, 0.29) is 10.7 Å². The molecule has 2 unspecified atom stereocenters. The standard InChI is InChI=1S/C5H8Cl4GeO/c1-3(5(6)11)4(2)10(7,8)9/h3-4H,1-2H3. The van der Waals surface area contributed by atoms with Crippen LogP contribution in [0.5, 0.6) is 0 Å². The molecule has 0 N–H and O–H groups in total. The molecule has 0 rings (SSSR count). The Morgan fingerprint density at radius 1 is 1.27 bits per heavy atom. The number of carbonyl (C=O) groups excluding carboxylic acids is 1. The predicted octanol–water partition coefficient (Wildman–Crippen LogP) is 3.43. The molecule has 0 saturated heterocycles. The van der Waals surface area contributed by atoms with Crippen molar-refractivity contribution in [2.45, 2.75) is 18.6 Å². The molecule has 11 heavy (non-hydrogen) atoms. The number of carbonyl (C=O) groups is 1. The summed E-state index contributed by atoms with van der Waals surface area (Å²) in [5.41, 5.74) is 0. The molecule has 0 heterocycles. The summed E-state index contributed by atoms with van der Waals surface area (Å²) in [5, 5.41) is -0.436. The Hall–Kier alpha value is 1.37. The Kier molecular flexibility index (Phi) is 5.13. The van der Waals surface area contributed by atoms with Crippen LogP contribution < -0.4 is 0 Å². The molecular weight excluding hydrogens is 290 g/mol. The molecule has 0 aliphatic heterocycles. The van der Waals surface area contributed by atoms with E-state index >= 15 is 0 Å². The molecule has 0 aromatic heterocycles. The van der Waals surface area contributed by atoms with Crippen LogP contribution in [0.2, 0.25) is 4.75 Å². The molecule has 0 aromatic carbocycles. The van der Waals surface area contributed by atoms with E-state index in [2.05, 4.69) is 0 Å². The molecule has 0 radical (unpaired) electrons. The summed E-state index contributed by atoms with van der Waals surface area (Å²) in [5.74, 6) is -0.357. The molecule has 0 amide bonds. The van der Waals surface area contributed by atoms with Gasteiger partial charge in [-0.2, -0.15) is 0 Å². The van der Waals surface area contributed by atoms with Crippen molar-refractivity contribution in [3.8, 4) is 0 Å². The van der Waals surface area contributed by atoms with Crippen molar-refractivity contribution in [1.29, 1.82) is 0 Å². The molecule has 0 saturated carbocycles. The summed E-state index contributed by atoms with van der Waals surface area (Å²) in [6.07, 6.45) is 0. The van der Waals surface area contributed by atoms with Crippen LogP contribution in [0.25, 0.3) is 0 Å². The number of halogens is 4. The normalized spacial score (nSPS) is 17.6. The second kappa shape index (κ2) is 4.56. The Morgan fingerprint density at radius 3 is 1.73 bits per heavy atom. The van der Waals surface area contributed by atoms with Crippen LogP contribution in [0, 0.1) is 5.92 Å². The second-order valence-electron chi connectivity index (χ2n) is 2.42. The molecular formula is C5H8Cl4GeO. The summed E-state index contributed by atoms with van der Waals surface area (Å²) < 4.78 is -0.190. The Morgan fingerprint density at radius 2 is 1.64 bits per heavy atom. The van der Waals surface area contributed by atoms with Crippen LogP contribution in [-0.4, -0.2) is 15.7 Å². The fraction of sp³-hybridized carbons (Fsp3) is 0.800. The molecule has 2 atom stereocenters. The zero-order valence-corrected chi connectivity index (χ0v) is 11.2. The summed E-state index contributed by atoms with van der Waals surface area (Å²) in [6.45, 7) is 3.42. The molecule has 0 fully saturated rings. The first kappa shape index (κ1) is 12.4. The Labute approximate surface area is 86.2 Å². The summed E-state index contributed by atoms with van der Waals surface area (Å²) >= 11 is 5.24. The van der Waals surface area contributed by atoms with E-state index in [1.165, 1.54) is 0 Å². The number of hydrogen-bond acceptors (Lipinski definition) is 1. The average Bonchev–Trinajstić information content (AvgIpc) is 1.82. The molecule has 0 aromatic rings. The van der Waals surface area contributed by atoms with Crippen molar-refractivity contribution in [2.75, 3.05) is 0 Å². The first-order valence-corrected chi connectivity index (χ1v) is 12.9. The van der Waals surface area contributed by atoms with E-state index in [1.54, 1.807) is 13.8 Å². The van der Waals surface area contributed by atoms with E-state index in [1.807, 2.05) is 0 Å². The fourth-order valence-corrected chi connectivity index (χ4v) is 5.34. The summed E-state index contributed by atoms with van der Waals surface area (Å²) in [7, 11) is 13.9. The van der Waals surface area contributed by atoms with Crippen LogP contribution in [-0.2, 0) is 4.79 Å². The molecule has 6 heteroatoms. The Balaban J connectivity index is 4.25. The van der Waals surface area contributed by atoms with E-state index in [9.17, 15) is 4.79 Å². The minimum absolute atomic E-state index is 0.190. The van der Waals surface area contributed by atoms with E-state index in [0.717, 1.165) is 0 Å². The monoisotopic (exact) mass is 298 g/mol. The van der Waals surface area contributed by atoms with Gasteiger partial charge in [0.2, 0.25) is 0 Å². The molecule has 0 aliphatic carbocycles. The topological polar surface area (TPSA) is 17.1 Å². The van der Waals surface area contributed by atoms with Crippen LogP contribution in [0.15, 0.2) is 0 Å². The van der Waals surface area contributed by atoms with E-state index in [0.29, 0.717) is 0 Å². The van der Waals surface area contributed by atoms with Crippen molar-refractivity contribution in [1.82, 2.24) is 0 Å². The SMILES string of the molecule is CC(C(=O)Cl)[CH](C)[Ge]([Cl])([Cl])[Cl]. The molecule has 66 valence electrons. The molecule has 0 aliphatic rings. The molecule has 1 nitrogen and oxygen atoms in total. The average molecular weight is 299 g/mol. The second-order valence-corrected chi connectivity index (χ2v) is 19.3. The van der Waals surface area contributed by atoms with Gasteiger partial charge in [0.25, 0.3) is 0 Å². The predicted molar refractivity (Wildman–Crippen MR) is 52.8 cm³/mol. The minimum atomic E-state index is -3.25. The third-order valence-corrected chi connectivity index (χ3v) is 10.5. The van der Waals surface area contributed by atoms with Crippen LogP contribution in [0.4, 0.5) is 0 Å². The summed E-state index contributed by atoms with van der Waals surface area (Å²) in [4.78, 5) is 10.7. The zero-order valence-electron chi connectivity index (χ0n) is 6.07. The Bertz CT molecular complexity index is 155. The van der Waals surface area contributed by atoms with Gasteiger partial charge in [-0.25, -0.2) is 0 Å². The van der Waals surface area contributed by atoms with Gasteiger partial charge < -0.3 is 0 Å². The van der Waals surface area contributed by atoms with Gasteiger partial charge in [0.05, 0.1) is 0 Å². The number of hydrogen-bond donors (Lipinski definition) is 0. The first-order chi connectivity index (χ1) is 4.76. The van der Waals surface area contributed by atoms with Crippen molar-refractivity contribution in [3.63, 3.8) is 0 Å². The van der Waals surface area contributed by atoms with Crippen molar-refractivity contribution < 1.29 is 4.79 Å². The quantitative estimate of drug-likeness (QED) is 0.576. The van der Waals surface area contributed by atoms with Gasteiger partial charge in [0.15, 0.2) is 0 Å². The van der Waals surface area contributed by atoms with Gasteiger partial charge in [0, 0.05) is 0 Å². The maximum absolute atomic E-state index is 10.7. The fourth-order valence-electron chi connectivity index (χ4n) is 0.480.